The zero-order valence-corrected chi connectivity index (χ0v) is 20.2. The second kappa shape index (κ2) is 10.8. The van der Waals surface area contributed by atoms with E-state index in [4.69, 9.17) is 21.1 Å². The number of nitrogens with one attached hydrogen (secondary N) is 1. The molecule has 0 atom stereocenters. The van der Waals surface area contributed by atoms with Gasteiger partial charge in [0, 0.05) is 5.56 Å². The van der Waals surface area contributed by atoms with Gasteiger partial charge in [0.25, 0.3) is 5.91 Å². The molecule has 0 bridgehead atoms. The summed E-state index contributed by atoms with van der Waals surface area (Å²) in [5.41, 5.74) is 3.05. The molecule has 0 aliphatic carbocycles. The number of benzene rings is 3. The van der Waals surface area contributed by atoms with Crippen LogP contribution in [0.2, 0.25) is 5.02 Å². The van der Waals surface area contributed by atoms with Crippen LogP contribution in [-0.2, 0) is 17.8 Å². The van der Waals surface area contributed by atoms with Crippen molar-refractivity contribution in [3.63, 3.8) is 0 Å². The van der Waals surface area contributed by atoms with Crippen LogP contribution in [0, 0.1) is 5.82 Å². The largest absolute Gasteiger partial charge is 0.493 e. The summed E-state index contributed by atoms with van der Waals surface area (Å²) < 4.78 is 25.1. The second-order valence-corrected chi connectivity index (χ2v) is 8.85. The Hall–Kier alpha value is -3.29. The number of hydrogen-bond acceptors (Lipinski definition) is 5. The number of amides is 1. The maximum absolute atomic E-state index is 13.9. The molecule has 1 aliphatic heterocycles. The lowest BCUT2D eigenvalue weighted by Crippen LogP contribution is -2.19. The number of rotatable bonds is 7. The molecule has 5 nitrogen and oxygen atoms in total. The summed E-state index contributed by atoms with van der Waals surface area (Å²) in [6.45, 7) is 2.09. The molecule has 0 aromatic heterocycles. The van der Waals surface area contributed by atoms with Crippen molar-refractivity contribution in [1.82, 2.24) is 5.32 Å². The number of thioether (sulfide) groups is 1. The molecule has 174 valence electrons. The lowest BCUT2D eigenvalue weighted by Gasteiger charge is -2.14. The first-order valence-corrected chi connectivity index (χ1v) is 11.8. The van der Waals surface area contributed by atoms with Crippen LogP contribution in [0.4, 0.5) is 10.1 Å². The maximum atomic E-state index is 13.9. The molecule has 0 saturated carbocycles. The Morgan fingerprint density at radius 2 is 1.91 bits per heavy atom. The van der Waals surface area contributed by atoms with Crippen molar-refractivity contribution in [2.75, 3.05) is 7.11 Å². The number of aryl methyl sites for hydroxylation is 1. The van der Waals surface area contributed by atoms with E-state index in [9.17, 15) is 9.18 Å². The number of aliphatic imine (C=N–C) groups is 1. The predicted molar refractivity (Wildman–Crippen MR) is 135 cm³/mol. The lowest BCUT2D eigenvalue weighted by molar-refractivity contribution is -0.115. The Kier molecular flexibility index (Phi) is 7.55. The van der Waals surface area contributed by atoms with Crippen LogP contribution in [0.15, 0.2) is 70.6 Å². The van der Waals surface area contributed by atoms with Gasteiger partial charge in [-0.05, 0) is 65.7 Å². The highest BCUT2D eigenvalue weighted by Crippen LogP contribution is 2.38. The number of amidine groups is 1. The summed E-state index contributed by atoms with van der Waals surface area (Å²) in [6, 6.07) is 17.6. The van der Waals surface area contributed by atoms with E-state index in [0.717, 1.165) is 12.1 Å². The summed E-state index contributed by atoms with van der Waals surface area (Å²) in [7, 11) is 1.49. The topological polar surface area (TPSA) is 59.9 Å². The molecule has 1 fully saturated rings. The fraction of sp³-hybridized carbons (Fsp3) is 0.154. The van der Waals surface area contributed by atoms with E-state index >= 15 is 0 Å². The van der Waals surface area contributed by atoms with Crippen molar-refractivity contribution in [3.05, 3.63) is 93.1 Å². The minimum atomic E-state index is -0.359. The summed E-state index contributed by atoms with van der Waals surface area (Å²) in [4.78, 5) is 17.5. The molecule has 1 heterocycles. The van der Waals surface area contributed by atoms with E-state index in [1.165, 1.54) is 30.5 Å². The maximum Gasteiger partial charge on any atom is 0.264 e. The van der Waals surface area contributed by atoms with Gasteiger partial charge in [-0.15, -0.1) is 0 Å². The zero-order valence-electron chi connectivity index (χ0n) is 18.6. The first kappa shape index (κ1) is 23.9. The second-order valence-electron chi connectivity index (χ2n) is 7.42. The van der Waals surface area contributed by atoms with Crippen molar-refractivity contribution in [2.45, 2.75) is 20.0 Å². The van der Waals surface area contributed by atoms with Crippen LogP contribution in [0.1, 0.15) is 23.6 Å². The number of nitrogens with zero attached hydrogens (tertiary/aromatic N) is 1. The lowest BCUT2D eigenvalue weighted by atomic mass is 10.1. The summed E-state index contributed by atoms with van der Waals surface area (Å²) in [5.74, 6) is 0.0748. The monoisotopic (exact) mass is 496 g/mol. The number of carbonyl (C=O) groups excluding carboxylic acids is 1. The van der Waals surface area contributed by atoms with Gasteiger partial charge in [-0.2, -0.15) is 0 Å². The first-order chi connectivity index (χ1) is 16.5. The van der Waals surface area contributed by atoms with E-state index in [0.29, 0.717) is 32.7 Å². The molecule has 34 heavy (non-hydrogen) atoms. The van der Waals surface area contributed by atoms with Gasteiger partial charge in [0.1, 0.15) is 12.4 Å². The van der Waals surface area contributed by atoms with Gasteiger partial charge in [0.2, 0.25) is 0 Å². The van der Waals surface area contributed by atoms with Gasteiger partial charge in [-0.3, -0.25) is 4.79 Å². The Morgan fingerprint density at radius 3 is 2.62 bits per heavy atom. The Morgan fingerprint density at radius 1 is 1.15 bits per heavy atom. The average Bonchev–Trinajstić information content (AvgIpc) is 3.17. The minimum Gasteiger partial charge on any atom is -0.493 e. The molecule has 0 unspecified atom stereocenters. The summed E-state index contributed by atoms with van der Waals surface area (Å²) >= 11 is 7.69. The molecule has 4 rings (SSSR count). The molecule has 1 saturated heterocycles. The smallest absolute Gasteiger partial charge is 0.264 e. The number of hydrogen-bond donors (Lipinski definition) is 1. The van der Waals surface area contributed by atoms with E-state index in [2.05, 4.69) is 17.2 Å². The van der Waals surface area contributed by atoms with Gasteiger partial charge < -0.3 is 14.8 Å². The van der Waals surface area contributed by atoms with Crippen molar-refractivity contribution >= 4 is 46.2 Å². The van der Waals surface area contributed by atoms with E-state index < -0.39 is 0 Å². The first-order valence-electron chi connectivity index (χ1n) is 10.6. The summed E-state index contributed by atoms with van der Waals surface area (Å²) in [5, 5.41) is 3.57. The normalized spacial score (nSPS) is 15.6. The molecule has 8 heteroatoms. The van der Waals surface area contributed by atoms with Gasteiger partial charge in [-0.25, -0.2) is 9.38 Å². The number of methoxy groups -OCH3 is 1. The standard InChI is InChI=1S/C26H22ClFN2O3S/c1-3-16-8-10-19(11-9-16)29-26-30-25(31)23(34-26)14-17-12-20(27)24(22(13-17)32-2)33-15-18-6-4-5-7-21(18)28/h4-14H,3,15H2,1-2H3,(H,29,30,31)/b23-14-. The molecule has 3 aromatic rings. The van der Waals surface area contributed by atoms with Gasteiger partial charge in [0.05, 0.1) is 22.7 Å². The Labute approximate surface area is 206 Å². The SMILES string of the molecule is CCc1ccc(N=C2NC(=O)/C(=C/c3cc(Cl)c(OCc4ccccc4F)c(OC)c3)S2)cc1. The molecular formula is C26H22ClFN2O3S. The van der Waals surface area contributed by atoms with Crippen LogP contribution >= 0.6 is 23.4 Å². The van der Waals surface area contributed by atoms with Crippen LogP contribution in [0.3, 0.4) is 0 Å². The van der Waals surface area contributed by atoms with E-state index in [1.807, 2.05) is 24.3 Å². The quantitative estimate of drug-likeness (QED) is 0.378. The number of carbonyl (C=O) groups is 1. The molecule has 1 N–H and O–H groups in total. The third kappa shape index (κ3) is 5.61. The van der Waals surface area contributed by atoms with Crippen molar-refractivity contribution in [3.8, 4) is 11.5 Å². The number of halogens is 2. The zero-order chi connectivity index (χ0) is 24.1. The van der Waals surface area contributed by atoms with Crippen LogP contribution in [0.5, 0.6) is 11.5 Å². The van der Waals surface area contributed by atoms with Crippen LogP contribution in [0.25, 0.3) is 6.08 Å². The van der Waals surface area contributed by atoms with Gasteiger partial charge >= 0.3 is 0 Å². The third-order valence-electron chi connectivity index (χ3n) is 5.11. The molecule has 0 radical (unpaired) electrons. The van der Waals surface area contributed by atoms with Crippen LogP contribution in [-0.4, -0.2) is 18.2 Å². The van der Waals surface area contributed by atoms with Crippen LogP contribution < -0.4 is 14.8 Å². The molecule has 0 spiro atoms. The van der Waals surface area contributed by atoms with Crippen molar-refractivity contribution in [1.29, 1.82) is 0 Å². The molecule has 3 aromatic carbocycles. The highest BCUT2D eigenvalue weighted by Gasteiger charge is 2.24. The minimum absolute atomic E-state index is 0.000503. The predicted octanol–water partition coefficient (Wildman–Crippen LogP) is 6.52. The fourth-order valence-corrected chi connectivity index (χ4v) is 4.40. The summed E-state index contributed by atoms with van der Waals surface area (Å²) in [6.07, 6.45) is 2.66. The third-order valence-corrected chi connectivity index (χ3v) is 6.30. The van der Waals surface area contributed by atoms with E-state index in [1.54, 1.807) is 36.4 Å². The molecule has 1 amide bonds. The van der Waals surface area contributed by atoms with Gasteiger partial charge in [0.15, 0.2) is 16.7 Å². The van der Waals surface area contributed by atoms with E-state index in [-0.39, 0.29) is 23.4 Å². The molecule has 1 aliphatic rings. The van der Waals surface area contributed by atoms with Crippen molar-refractivity contribution in [2.24, 2.45) is 4.99 Å². The Balaban J connectivity index is 1.53. The van der Waals surface area contributed by atoms with Gasteiger partial charge in [-0.1, -0.05) is 48.9 Å². The highest BCUT2D eigenvalue weighted by atomic mass is 35.5. The highest BCUT2D eigenvalue weighted by molar-refractivity contribution is 8.18. The fourth-order valence-electron chi connectivity index (χ4n) is 3.28. The average molecular weight is 497 g/mol. The number of ether oxygens (including phenoxy) is 2. The molecular weight excluding hydrogens is 475 g/mol. The Bertz CT molecular complexity index is 1280. The van der Waals surface area contributed by atoms with Crippen molar-refractivity contribution < 1.29 is 18.7 Å².